The Kier molecular flexibility index (Phi) is 4.00. The van der Waals surface area contributed by atoms with Gasteiger partial charge in [-0.2, -0.15) is 0 Å². The van der Waals surface area contributed by atoms with Crippen molar-refractivity contribution in [2.45, 2.75) is 26.9 Å². The molecule has 1 heterocycles. The van der Waals surface area contributed by atoms with Crippen LogP contribution in [0, 0.1) is 0 Å². The summed E-state index contributed by atoms with van der Waals surface area (Å²) in [6, 6.07) is 5.35. The molecule has 2 rings (SSSR count). The Bertz CT molecular complexity index is 604. The minimum absolute atomic E-state index is 0.0436. The van der Waals surface area contributed by atoms with Crippen molar-refractivity contribution in [2.24, 2.45) is 0 Å². The summed E-state index contributed by atoms with van der Waals surface area (Å²) in [5.41, 5.74) is 0.708. The number of rotatable bonds is 3. The van der Waals surface area contributed by atoms with Crippen LogP contribution in [0.4, 0.5) is 4.79 Å². The molecule has 0 fully saturated rings. The summed E-state index contributed by atoms with van der Waals surface area (Å²) in [5.74, 6) is 0.616. The van der Waals surface area contributed by atoms with Crippen molar-refractivity contribution < 1.29 is 14.3 Å². The second kappa shape index (κ2) is 5.53. The van der Waals surface area contributed by atoms with Crippen molar-refractivity contribution in [1.82, 2.24) is 4.57 Å². The molecule has 19 heavy (non-hydrogen) atoms. The Hall–Kier alpha value is -1.68. The Labute approximate surface area is 116 Å². The van der Waals surface area contributed by atoms with Crippen molar-refractivity contribution in [3.8, 4) is 5.75 Å². The summed E-state index contributed by atoms with van der Waals surface area (Å²) in [7, 11) is 0. The highest BCUT2D eigenvalue weighted by molar-refractivity contribution is 6.37. The molecule has 0 bridgehead atoms. The van der Waals surface area contributed by atoms with Gasteiger partial charge in [-0.1, -0.05) is 11.6 Å². The van der Waals surface area contributed by atoms with E-state index in [1.165, 1.54) is 4.57 Å². The zero-order valence-electron chi connectivity index (χ0n) is 11.1. The molecule has 0 atom stereocenters. The standard InChI is InChI=1S/C14H16ClNO3/c1-4-18-14(17)16-8-7-10-11(16)5-6-12(13(10)15)19-9(2)3/h5-9H,4H2,1-3H3. The van der Waals surface area contributed by atoms with Crippen molar-refractivity contribution in [2.75, 3.05) is 6.61 Å². The van der Waals surface area contributed by atoms with Gasteiger partial charge in [-0.3, -0.25) is 4.57 Å². The van der Waals surface area contributed by atoms with E-state index < -0.39 is 6.09 Å². The van der Waals surface area contributed by atoms with Gasteiger partial charge in [0.1, 0.15) is 5.75 Å². The van der Waals surface area contributed by atoms with Crippen LogP contribution in [0.25, 0.3) is 10.9 Å². The fourth-order valence-corrected chi connectivity index (χ4v) is 2.13. The molecule has 0 spiro atoms. The Balaban J connectivity index is 2.46. The zero-order valence-corrected chi connectivity index (χ0v) is 11.9. The molecular formula is C14H16ClNO3. The first-order chi connectivity index (χ1) is 9.04. The predicted molar refractivity (Wildman–Crippen MR) is 75.1 cm³/mol. The van der Waals surface area contributed by atoms with E-state index in [9.17, 15) is 4.79 Å². The topological polar surface area (TPSA) is 40.5 Å². The summed E-state index contributed by atoms with van der Waals surface area (Å²) in [5, 5.41) is 1.28. The highest BCUT2D eigenvalue weighted by Gasteiger charge is 2.14. The fourth-order valence-electron chi connectivity index (χ4n) is 1.86. The Morgan fingerprint density at radius 1 is 1.37 bits per heavy atom. The summed E-state index contributed by atoms with van der Waals surface area (Å²) < 4.78 is 12.0. The number of fused-ring (bicyclic) bond motifs is 1. The van der Waals surface area contributed by atoms with Crippen LogP contribution in [-0.4, -0.2) is 23.4 Å². The summed E-state index contributed by atoms with van der Waals surface area (Å²) in [4.78, 5) is 11.8. The first kappa shape index (κ1) is 13.7. The van der Waals surface area contributed by atoms with Gasteiger partial charge in [-0.15, -0.1) is 0 Å². The molecule has 0 saturated heterocycles. The Morgan fingerprint density at radius 3 is 2.74 bits per heavy atom. The van der Waals surface area contributed by atoms with Gasteiger partial charge in [0.15, 0.2) is 0 Å². The lowest BCUT2D eigenvalue weighted by atomic mass is 10.2. The summed E-state index contributed by atoms with van der Waals surface area (Å²) >= 11 is 6.29. The van der Waals surface area contributed by atoms with E-state index >= 15 is 0 Å². The summed E-state index contributed by atoms with van der Waals surface area (Å²) in [6.45, 7) is 5.97. The number of hydrogen-bond donors (Lipinski definition) is 0. The third kappa shape index (κ3) is 2.68. The molecule has 0 amide bonds. The number of carbonyl (C=O) groups excluding carboxylic acids is 1. The quantitative estimate of drug-likeness (QED) is 0.851. The lowest BCUT2D eigenvalue weighted by Crippen LogP contribution is -2.12. The number of halogens is 1. The molecule has 1 aromatic heterocycles. The minimum Gasteiger partial charge on any atom is -0.489 e. The monoisotopic (exact) mass is 281 g/mol. The largest absolute Gasteiger partial charge is 0.489 e. The van der Waals surface area contributed by atoms with Gasteiger partial charge in [0.25, 0.3) is 0 Å². The highest BCUT2D eigenvalue weighted by Crippen LogP contribution is 2.34. The molecule has 0 aliphatic heterocycles. The van der Waals surface area contributed by atoms with Crippen LogP contribution < -0.4 is 4.74 Å². The van der Waals surface area contributed by atoms with Crippen LogP contribution in [0.1, 0.15) is 20.8 Å². The molecule has 4 nitrogen and oxygen atoms in total. The maximum absolute atomic E-state index is 11.8. The summed E-state index contributed by atoms with van der Waals surface area (Å²) in [6.07, 6.45) is 1.28. The number of nitrogens with zero attached hydrogens (tertiary/aromatic N) is 1. The van der Waals surface area contributed by atoms with E-state index in [1.54, 1.807) is 31.3 Å². The molecule has 0 aliphatic rings. The van der Waals surface area contributed by atoms with Crippen molar-refractivity contribution in [1.29, 1.82) is 0 Å². The van der Waals surface area contributed by atoms with Crippen molar-refractivity contribution >= 4 is 28.6 Å². The van der Waals surface area contributed by atoms with Crippen LogP contribution in [0.2, 0.25) is 5.02 Å². The molecule has 0 saturated carbocycles. The molecule has 0 radical (unpaired) electrons. The second-order valence-corrected chi connectivity index (χ2v) is 4.74. The molecule has 0 N–H and O–H groups in total. The van der Waals surface area contributed by atoms with E-state index in [-0.39, 0.29) is 6.10 Å². The minimum atomic E-state index is -0.411. The number of benzene rings is 1. The fraction of sp³-hybridized carbons (Fsp3) is 0.357. The highest BCUT2D eigenvalue weighted by atomic mass is 35.5. The first-order valence-electron chi connectivity index (χ1n) is 6.18. The third-order valence-electron chi connectivity index (χ3n) is 2.60. The molecule has 102 valence electrons. The smallest absolute Gasteiger partial charge is 0.418 e. The maximum atomic E-state index is 11.8. The second-order valence-electron chi connectivity index (χ2n) is 4.36. The number of carbonyl (C=O) groups is 1. The average molecular weight is 282 g/mol. The van der Waals surface area contributed by atoms with Gasteiger partial charge in [-0.05, 0) is 39.0 Å². The van der Waals surface area contributed by atoms with E-state index in [0.717, 1.165) is 5.39 Å². The van der Waals surface area contributed by atoms with Crippen LogP contribution in [0.3, 0.4) is 0 Å². The van der Waals surface area contributed by atoms with E-state index in [4.69, 9.17) is 21.1 Å². The van der Waals surface area contributed by atoms with Crippen molar-refractivity contribution in [3.63, 3.8) is 0 Å². The molecule has 2 aromatic rings. The Morgan fingerprint density at radius 2 is 2.11 bits per heavy atom. The number of ether oxygens (including phenoxy) is 2. The molecule has 1 aromatic carbocycles. The number of hydrogen-bond acceptors (Lipinski definition) is 3. The van der Waals surface area contributed by atoms with Gasteiger partial charge in [-0.25, -0.2) is 4.79 Å². The predicted octanol–water partition coefficient (Wildman–Crippen LogP) is 4.09. The molecule has 5 heteroatoms. The lowest BCUT2D eigenvalue weighted by molar-refractivity contribution is 0.155. The average Bonchev–Trinajstić information content (AvgIpc) is 2.77. The van der Waals surface area contributed by atoms with Gasteiger partial charge < -0.3 is 9.47 Å². The van der Waals surface area contributed by atoms with Crippen LogP contribution in [0.15, 0.2) is 24.4 Å². The van der Waals surface area contributed by atoms with Gasteiger partial charge in [0, 0.05) is 11.6 Å². The normalized spacial score (nSPS) is 11.0. The van der Waals surface area contributed by atoms with Crippen LogP contribution in [-0.2, 0) is 4.74 Å². The van der Waals surface area contributed by atoms with Gasteiger partial charge in [0.2, 0.25) is 0 Å². The third-order valence-corrected chi connectivity index (χ3v) is 2.99. The molecular weight excluding hydrogens is 266 g/mol. The first-order valence-corrected chi connectivity index (χ1v) is 6.55. The van der Waals surface area contributed by atoms with E-state index in [1.807, 2.05) is 13.8 Å². The van der Waals surface area contributed by atoms with Crippen LogP contribution in [0.5, 0.6) is 5.75 Å². The molecule has 0 unspecified atom stereocenters. The van der Waals surface area contributed by atoms with Crippen molar-refractivity contribution in [3.05, 3.63) is 29.4 Å². The van der Waals surface area contributed by atoms with Crippen LogP contribution >= 0.6 is 11.6 Å². The van der Waals surface area contributed by atoms with E-state index in [0.29, 0.717) is 22.9 Å². The van der Waals surface area contributed by atoms with E-state index in [2.05, 4.69) is 0 Å². The lowest BCUT2D eigenvalue weighted by Gasteiger charge is -2.12. The molecule has 0 aliphatic carbocycles. The van der Waals surface area contributed by atoms with Gasteiger partial charge in [0.05, 0.1) is 23.3 Å². The number of aromatic nitrogens is 1. The SMILES string of the molecule is CCOC(=O)n1ccc2c(Cl)c(OC(C)C)ccc21. The zero-order chi connectivity index (χ0) is 14.0. The maximum Gasteiger partial charge on any atom is 0.418 e. The van der Waals surface area contributed by atoms with Gasteiger partial charge >= 0.3 is 6.09 Å².